The molecule has 0 saturated carbocycles. The first-order valence-electron chi connectivity index (χ1n) is 4.45. The van der Waals surface area contributed by atoms with Gasteiger partial charge in [0.1, 0.15) is 0 Å². The number of carboxylic acids is 1. The minimum atomic E-state index is -3.33. The second-order valence-corrected chi connectivity index (χ2v) is 5.52. The van der Waals surface area contributed by atoms with Gasteiger partial charge in [0, 0.05) is 6.26 Å². The lowest BCUT2D eigenvalue weighted by Gasteiger charge is -2.09. The number of hydrogen-bond acceptors (Lipinski definition) is 4. The van der Waals surface area contributed by atoms with Crippen molar-refractivity contribution in [3.05, 3.63) is 29.3 Å². The molecule has 1 unspecified atom stereocenters. The summed E-state index contributed by atoms with van der Waals surface area (Å²) >= 11 is 0. The van der Waals surface area contributed by atoms with Gasteiger partial charge in [0.15, 0.2) is 15.9 Å². The highest BCUT2D eigenvalue weighted by atomic mass is 32.2. The van der Waals surface area contributed by atoms with Crippen LogP contribution in [-0.4, -0.2) is 30.9 Å². The van der Waals surface area contributed by atoms with Crippen molar-refractivity contribution in [3.8, 4) is 0 Å². The lowest BCUT2D eigenvalue weighted by atomic mass is 10.1. The minimum absolute atomic E-state index is 0.133. The Labute approximate surface area is 93.3 Å². The number of aliphatic hydroxyl groups excluding tert-OH is 1. The Kier molecular flexibility index (Phi) is 3.35. The van der Waals surface area contributed by atoms with Gasteiger partial charge >= 0.3 is 5.97 Å². The number of sulfone groups is 1. The van der Waals surface area contributed by atoms with E-state index >= 15 is 0 Å². The molecule has 0 heterocycles. The average Bonchev–Trinajstić information content (AvgIpc) is 2.14. The summed E-state index contributed by atoms with van der Waals surface area (Å²) in [6.45, 7) is 1.55. The number of carboxylic acid groups (broad SMARTS) is 1. The van der Waals surface area contributed by atoms with Crippen molar-refractivity contribution in [1.29, 1.82) is 0 Å². The molecule has 2 N–H and O–H groups in total. The molecule has 1 aromatic rings. The van der Waals surface area contributed by atoms with E-state index in [1.807, 2.05) is 0 Å². The van der Waals surface area contributed by atoms with E-state index in [0.29, 0.717) is 5.56 Å². The van der Waals surface area contributed by atoms with Crippen LogP contribution in [0.3, 0.4) is 0 Å². The molecular weight excluding hydrogens is 232 g/mol. The maximum Gasteiger partial charge on any atom is 0.337 e. The molecule has 0 aliphatic heterocycles. The third-order valence-corrected chi connectivity index (χ3v) is 3.41. The summed E-state index contributed by atoms with van der Waals surface area (Å²) in [6, 6.07) is 3.95. The first kappa shape index (κ1) is 12.7. The van der Waals surface area contributed by atoms with E-state index in [1.165, 1.54) is 18.2 Å². The van der Waals surface area contributed by atoms with Crippen molar-refractivity contribution < 1.29 is 23.4 Å². The van der Waals surface area contributed by atoms with Crippen molar-refractivity contribution in [2.24, 2.45) is 0 Å². The lowest BCUT2D eigenvalue weighted by Crippen LogP contribution is -2.11. The highest BCUT2D eigenvalue weighted by Gasteiger charge is 2.18. The Balaban J connectivity index is 3.25. The van der Waals surface area contributed by atoms with Gasteiger partial charge in [-0.15, -0.1) is 0 Å². The summed E-state index contributed by atoms with van der Waals surface area (Å²) in [4.78, 5) is 10.7. The van der Waals surface area contributed by atoms with E-state index < -0.39 is 21.9 Å². The molecule has 0 spiro atoms. The molecule has 0 aliphatic carbocycles. The number of benzene rings is 1. The van der Waals surface area contributed by atoms with Gasteiger partial charge in [0.2, 0.25) is 0 Å². The van der Waals surface area contributed by atoms with Crippen molar-refractivity contribution in [1.82, 2.24) is 0 Å². The van der Waals surface area contributed by atoms with Gasteiger partial charge in [-0.05, 0) is 24.1 Å². The molecule has 0 bridgehead atoms. The normalized spacial score (nSPS) is 13.4. The molecule has 16 heavy (non-hydrogen) atoms. The third-order valence-electron chi connectivity index (χ3n) is 2.15. The topological polar surface area (TPSA) is 91.7 Å². The van der Waals surface area contributed by atoms with E-state index in [9.17, 15) is 18.3 Å². The standard InChI is InChI=1S/C10H12O5S/c1-6-5-7(9(11)10(12)13)3-4-8(6)16(2,14)15/h3-5,9,11H,1-2H3,(H,12,13). The van der Waals surface area contributed by atoms with Gasteiger partial charge < -0.3 is 10.2 Å². The van der Waals surface area contributed by atoms with Crippen molar-refractivity contribution in [2.45, 2.75) is 17.9 Å². The molecule has 1 atom stereocenters. The molecule has 6 heteroatoms. The lowest BCUT2D eigenvalue weighted by molar-refractivity contribution is -0.146. The molecule has 0 amide bonds. The maximum absolute atomic E-state index is 11.3. The number of hydrogen-bond donors (Lipinski definition) is 2. The minimum Gasteiger partial charge on any atom is -0.479 e. The molecule has 0 saturated heterocycles. The van der Waals surface area contributed by atoms with Crippen LogP contribution in [0.25, 0.3) is 0 Å². The van der Waals surface area contributed by atoms with Gasteiger partial charge in [-0.3, -0.25) is 0 Å². The van der Waals surface area contributed by atoms with Crippen molar-refractivity contribution >= 4 is 15.8 Å². The fraction of sp³-hybridized carbons (Fsp3) is 0.300. The average molecular weight is 244 g/mol. The number of aryl methyl sites for hydroxylation is 1. The summed E-state index contributed by atoms with van der Waals surface area (Å²) in [6.07, 6.45) is -0.560. The Morgan fingerprint density at radius 2 is 1.94 bits per heavy atom. The van der Waals surface area contributed by atoms with Crippen molar-refractivity contribution in [2.75, 3.05) is 6.26 Å². The molecular formula is C10H12O5S. The van der Waals surface area contributed by atoms with Crippen LogP contribution >= 0.6 is 0 Å². The van der Waals surface area contributed by atoms with E-state index in [4.69, 9.17) is 5.11 Å². The predicted molar refractivity (Wildman–Crippen MR) is 56.9 cm³/mol. The van der Waals surface area contributed by atoms with Crippen LogP contribution in [-0.2, 0) is 14.6 Å². The quantitative estimate of drug-likeness (QED) is 0.808. The molecule has 5 nitrogen and oxygen atoms in total. The number of aliphatic hydroxyl groups is 1. The summed E-state index contributed by atoms with van der Waals surface area (Å²) in [7, 11) is -3.33. The zero-order valence-electron chi connectivity index (χ0n) is 8.84. The van der Waals surface area contributed by atoms with Gasteiger partial charge in [0.05, 0.1) is 4.90 Å². The fourth-order valence-electron chi connectivity index (χ4n) is 1.40. The zero-order valence-corrected chi connectivity index (χ0v) is 9.65. The van der Waals surface area contributed by atoms with Crippen LogP contribution in [0.4, 0.5) is 0 Å². The number of aliphatic carboxylic acids is 1. The molecule has 0 fully saturated rings. The first-order valence-corrected chi connectivity index (χ1v) is 6.34. The van der Waals surface area contributed by atoms with Crippen LogP contribution in [0.1, 0.15) is 17.2 Å². The van der Waals surface area contributed by atoms with Crippen LogP contribution in [0.5, 0.6) is 0 Å². The molecule has 0 radical (unpaired) electrons. The Bertz CT molecular complexity index is 518. The second-order valence-electron chi connectivity index (χ2n) is 3.54. The largest absolute Gasteiger partial charge is 0.479 e. The second kappa shape index (κ2) is 4.23. The summed E-state index contributed by atoms with van der Waals surface area (Å²) in [5.74, 6) is -1.37. The van der Waals surface area contributed by atoms with Gasteiger partial charge in [0.25, 0.3) is 0 Å². The van der Waals surface area contributed by atoms with Gasteiger partial charge in [-0.25, -0.2) is 13.2 Å². The van der Waals surface area contributed by atoms with Gasteiger partial charge in [-0.1, -0.05) is 12.1 Å². The smallest absolute Gasteiger partial charge is 0.337 e. The number of carbonyl (C=O) groups is 1. The van der Waals surface area contributed by atoms with Crippen LogP contribution < -0.4 is 0 Å². The Hall–Kier alpha value is -1.40. The monoisotopic (exact) mass is 244 g/mol. The first-order chi connectivity index (χ1) is 7.23. The maximum atomic E-state index is 11.3. The summed E-state index contributed by atoms with van der Waals surface area (Å²) in [5.41, 5.74) is 0.581. The summed E-state index contributed by atoms with van der Waals surface area (Å²) < 4.78 is 22.6. The van der Waals surface area contributed by atoms with Crippen LogP contribution in [0.2, 0.25) is 0 Å². The van der Waals surface area contributed by atoms with E-state index in [0.717, 1.165) is 6.26 Å². The Morgan fingerprint density at radius 1 is 1.38 bits per heavy atom. The SMILES string of the molecule is Cc1cc(C(O)C(=O)O)ccc1S(C)(=O)=O. The zero-order chi connectivity index (χ0) is 12.5. The van der Waals surface area contributed by atoms with Crippen LogP contribution in [0.15, 0.2) is 23.1 Å². The molecule has 88 valence electrons. The summed E-state index contributed by atoms with van der Waals surface area (Å²) in [5, 5.41) is 17.9. The van der Waals surface area contributed by atoms with E-state index in [2.05, 4.69) is 0 Å². The molecule has 1 aromatic carbocycles. The van der Waals surface area contributed by atoms with Crippen molar-refractivity contribution in [3.63, 3.8) is 0 Å². The molecule has 0 aromatic heterocycles. The third kappa shape index (κ3) is 2.59. The Morgan fingerprint density at radius 3 is 2.31 bits per heavy atom. The number of rotatable bonds is 3. The molecule has 0 aliphatic rings. The molecule has 1 rings (SSSR count). The predicted octanol–water partition coefficient (Wildman–Crippen LogP) is 0.517. The fourth-order valence-corrected chi connectivity index (χ4v) is 2.36. The van der Waals surface area contributed by atoms with E-state index in [-0.39, 0.29) is 10.5 Å². The van der Waals surface area contributed by atoms with Crippen LogP contribution in [0, 0.1) is 6.92 Å². The van der Waals surface area contributed by atoms with E-state index in [1.54, 1.807) is 6.92 Å². The van der Waals surface area contributed by atoms with Gasteiger partial charge in [-0.2, -0.15) is 0 Å². The highest BCUT2D eigenvalue weighted by molar-refractivity contribution is 7.90. The highest BCUT2D eigenvalue weighted by Crippen LogP contribution is 2.20.